The minimum Gasteiger partial charge on any atom is -0.323 e. The molecule has 2 heterocycles. The van der Waals surface area contributed by atoms with Crippen LogP contribution in [0.5, 0.6) is 0 Å². The van der Waals surface area contributed by atoms with Gasteiger partial charge >= 0.3 is 7.60 Å². The summed E-state index contributed by atoms with van der Waals surface area (Å²) in [6.45, 7) is 0. The standard InChI is InChI=1S/C13H10NO5PS/c15-11-8-4-1-2-5-9(8)12(16)14(11)13(20(17,18)19)10-6-3-7-21-10/h1-7,13H,(H2,17,18,19)/t13-/m0/s1. The van der Waals surface area contributed by atoms with Gasteiger partial charge < -0.3 is 9.79 Å². The van der Waals surface area contributed by atoms with Crippen LogP contribution in [0.3, 0.4) is 0 Å². The third-order valence-corrected chi connectivity index (χ3v) is 5.43. The molecule has 0 saturated carbocycles. The van der Waals surface area contributed by atoms with Gasteiger partial charge in [-0.1, -0.05) is 18.2 Å². The van der Waals surface area contributed by atoms with Gasteiger partial charge in [0.05, 0.1) is 11.1 Å². The summed E-state index contributed by atoms with van der Waals surface area (Å²) in [5.41, 5.74) is 0.329. The minimum atomic E-state index is -4.72. The molecule has 2 aromatic rings. The molecule has 1 aromatic heterocycles. The summed E-state index contributed by atoms with van der Waals surface area (Å²) in [6, 6.07) is 9.26. The summed E-state index contributed by atoms with van der Waals surface area (Å²) >= 11 is 1.09. The Kier molecular flexibility index (Phi) is 3.30. The van der Waals surface area contributed by atoms with Crippen LogP contribution in [-0.2, 0) is 4.57 Å². The van der Waals surface area contributed by atoms with Crippen molar-refractivity contribution in [1.29, 1.82) is 0 Å². The van der Waals surface area contributed by atoms with Crippen LogP contribution in [0.2, 0.25) is 0 Å². The maximum absolute atomic E-state index is 12.4. The molecule has 1 aromatic carbocycles. The quantitative estimate of drug-likeness (QED) is 0.667. The molecule has 3 rings (SSSR count). The number of hydrogen-bond donors (Lipinski definition) is 2. The highest BCUT2D eigenvalue weighted by molar-refractivity contribution is 7.52. The number of rotatable bonds is 3. The lowest BCUT2D eigenvalue weighted by atomic mass is 10.1. The number of carbonyl (C=O) groups excluding carboxylic acids is 2. The molecule has 21 heavy (non-hydrogen) atoms. The number of carbonyl (C=O) groups is 2. The van der Waals surface area contributed by atoms with Gasteiger partial charge in [0.2, 0.25) is 0 Å². The zero-order valence-corrected chi connectivity index (χ0v) is 12.3. The number of hydrogen-bond acceptors (Lipinski definition) is 4. The molecule has 2 amide bonds. The molecule has 0 saturated heterocycles. The second kappa shape index (κ2) is 4.89. The Hall–Kier alpha value is -1.79. The number of thiophene rings is 1. The number of amides is 2. The molecule has 0 unspecified atom stereocenters. The van der Waals surface area contributed by atoms with Crippen LogP contribution >= 0.6 is 18.9 Å². The molecule has 0 spiro atoms. The first-order valence-electron chi connectivity index (χ1n) is 5.97. The van der Waals surface area contributed by atoms with Crippen LogP contribution in [0.15, 0.2) is 41.8 Å². The Balaban J connectivity index is 2.13. The third kappa shape index (κ3) is 2.24. The van der Waals surface area contributed by atoms with Crippen molar-refractivity contribution < 1.29 is 23.9 Å². The molecule has 6 nitrogen and oxygen atoms in total. The fourth-order valence-electron chi connectivity index (χ4n) is 2.31. The van der Waals surface area contributed by atoms with Crippen molar-refractivity contribution in [2.24, 2.45) is 0 Å². The highest BCUT2D eigenvalue weighted by atomic mass is 32.1. The van der Waals surface area contributed by atoms with Gasteiger partial charge in [0, 0.05) is 4.88 Å². The van der Waals surface area contributed by atoms with Crippen molar-refractivity contribution in [2.75, 3.05) is 0 Å². The van der Waals surface area contributed by atoms with E-state index in [1.807, 2.05) is 0 Å². The minimum absolute atomic E-state index is 0.164. The molecule has 1 atom stereocenters. The van der Waals surface area contributed by atoms with E-state index in [9.17, 15) is 23.9 Å². The number of benzene rings is 1. The lowest BCUT2D eigenvalue weighted by Gasteiger charge is -2.25. The molecule has 0 fully saturated rings. The average molecular weight is 323 g/mol. The number of fused-ring (bicyclic) bond motifs is 1. The Morgan fingerprint density at radius 2 is 1.57 bits per heavy atom. The molecular formula is C13H10NO5PS. The van der Waals surface area contributed by atoms with E-state index >= 15 is 0 Å². The SMILES string of the molecule is O=C1c2ccccc2C(=O)N1[C@H](c1cccs1)P(=O)(O)O. The summed E-state index contributed by atoms with van der Waals surface area (Å²) in [4.78, 5) is 44.8. The van der Waals surface area contributed by atoms with Crippen LogP contribution < -0.4 is 0 Å². The van der Waals surface area contributed by atoms with Gasteiger partial charge in [0.25, 0.3) is 11.8 Å². The molecule has 1 aliphatic heterocycles. The van der Waals surface area contributed by atoms with Crippen molar-refractivity contribution in [3.63, 3.8) is 0 Å². The Morgan fingerprint density at radius 3 is 2.00 bits per heavy atom. The van der Waals surface area contributed by atoms with E-state index < -0.39 is 25.2 Å². The van der Waals surface area contributed by atoms with Gasteiger partial charge in [-0.2, -0.15) is 0 Å². The van der Waals surface area contributed by atoms with Gasteiger partial charge in [-0.15, -0.1) is 11.3 Å². The van der Waals surface area contributed by atoms with Crippen LogP contribution in [0.1, 0.15) is 31.4 Å². The number of nitrogens with zero attached hydrogens (tertiary/aromatic N) is 1. The first kappa shape index (κ1) is 14.2. The molecule has 0 aliphatic carbocycles. The van der Waals surface area contributed by atoms with Crippen molar-refractivity contribution in [3.8, 4) is 0 Å². The lowest BCUT2D eigenvalue weighted by molar-refractivity contribution is 0.0614. The van der Waals surface area contributed by atoms with E-state index in [2.05, 4.69) is 0 Å². The van der Waals surface area contributed by atoms with E-state index in [1.54, 1.807) is 23.6 Å². The third-order valence-electron chi connectivity index (χ3n) is 3.19. The normalized spacial score (nSPS) is 16.2. The van der Waals surface area contributed by atoms with E-state index in [0.717, 1.165) is 11.3 Å². The fourth-order valence-corrected chi connectivity index (χ4v) is 4.53. The zero-order chi connectivity index (χ0) is 15.2. The highest BCUT2D eigenvalue weighted by Crippen LogP contribution is 2.56. The molecule has 2 N–H and O–H groups in total. The van der Waals surface area contributed by atoms with Gasteiger partial charge in [0.15, 0.2) is 5.78 Å². The number of imide groups is 1. The summed E-state index contributed by atoms with van der Waals surface area (Å²) in [5, 5.41) is 1.64. The molecule has 108 valence electrons. The predicted molar refractivity (Wildman–Crippen MR) is 76.0 cm³/mol. The van der Waals surface area contributed by atoms with Crippen LogP contribution in [0, 0.1) is 0 Å². The monoisotopic (exact) mass is 323 g/mol. The first-order valence-corrected chi connectivity index (χ1v) is 8.53. The second-order valence-corrected chi connectivity index (χ2v) is 7.15. The van der Waals surface area contributed by atoms with Gasteiger partial charge in [-0.3, -0.25) is 19.1 Å². The lowest BCUT2D eigenvalue weighted by Crippen LogP contribution is -2.33. The Morgan fingerprint density at radius 1 is 1.00 bits per heavy atom. The maximum atomic E-state index is 12.4. The van der Waals surface area contributed by atoms with E-state index in [4.69, 9.17) is 0 Å². The molecular weight excluding hydrogens is 313 g/mol. The Labute approximate surface area is 123 Å². The van der Waals surface area contributed by atoms with E-state index in [-0.39, 0.29) is 16.0 Å². The van der Waals surface area contributed by atoms with Crippen LogP contribution in [-0.4, -0.2) is 26.5 Å². The first-order chi connectivity index (χ1) is 9.91. The molecule has 1 aliphatic rings. The fraction of sp³-hybridized carbons (Fsp3) is 0.0769. The molecule has 8 heteroatoms. The van der Waals surface area contributed by atoms with Crippen molar-refractivity contribution in [1.82, 2.24) is 4.90 Å². The van der Waals surface area contributed by atoms with Crippen molar-refractivity contribution in [3.05, 3.63) is 57.8 Å². The summed E-state index contributed by atoms with van der Waals surface area (Å²) in [5.74, 6) is -2.94. The maximum Gasteiger partial charge on any atom is 0.353 e. The van der Waals surface area contributed by atoms with Gasteiger partial charge in [0.1, 0.15) is 0 Å². The second-order valence-electron chi connectivity index (χ2n) is 4.50. The van der Waals surface area contributed by atoms with Crippen molar-refractivity contribution in [2.45, 2.75) is 5.78 Å². The Bertz CT molecular complexity index is 732. The largest absolute Gasteiger partial charge is 0.353 e. The van der Waals surface area contributed by atoms with E-state index in [1.165, 1.54) is 18.2 Å². The molecule has 0 radical (unpaired) electrons. The topological polar surface area (TPSA) is 94.9 Å². The summed E-state index contributed by atoms with van der Waals surface area (Å²) < 4.78 is 11.8. The summed E-state index contributed by atoms with van der Waals surface area (Å²) in [6.07, 6.45) is 0. The molecule has 0 bridgehead atoms. The zero-order valence-electron chi connectivity index (χ0n) is 10.5. The predicted octanol–water partition coefficient (Wildman–Crippen LogP) is 2.22. The van der Waals surface area contributed by atoms with Crippen LogP contribution in [0.25, 0.3) is 0 Å². The van der Waals surface area contributed by atoms with Crippen LogP contribution in [0.4, 0.5) is 0 Å². The smallest absolute Gasteiger partial charge is 0.323 e. The summed E-state index contributed by atoms with van der Waals surface area (Å²) in [7, 11) is -4.72. The van der Waals surface area contributed by atoms with Gasteiger partial charge in [-0.05, 0) is 23.6 Å². The highest BCUT2D eigenvalue weighted by Gasteiger charge is 2.47. The van der Waals surface area contributed by atoms with Gasteiger partial charge in [-0.25, -0.2) is 0 Å². The van der Waals surface area contributed by atoms with Crippen molar-refractivity contribution >= 4 is 30.7 Å². The van der Waals surface area contributed by atoms with E-state index in [0.29, 0.717) is 4.90 Å². The average Bonchev–Trinajstić information content (AvgIpc) is 3.02.